The minimum atomic E-state index is -0.966. The van der Waals surface area contributed by atoms with Gasteiger partial charge in [0.05, 0.1) is 4.88 Å². The van der Waals surface area contributed by atoms with E-state index in [2.05, 4.69) is 4.98 Å². The van der Waals surface area contributed by atoms with E-state index in [0.29, 0.717) is 6.54 Å². The Bertz CT molecular complexity index is 605. The molecule has 1 N–H and O–H groups in total. The van der Waals surface area contributed by atoms with Crippen LogP contribution in [0, 0.1) is 6.92 Å². The number of hydrogen-bond donors (Lipinski definition) is 1. The van der Waals surface area contributed by atoms with Crippen LogP contribution in [-0.4, -0.2) is 35.1 Å². The standard InChI is InChI=1S/C14H16N2O2S/c1-9-5-4-6-10(7-9)13-15-12(14(17)18)11(19-13)8-16(2)3/h4-7H,8H2,1-3H3,(H,17,18). The number of benzene rings is 1. The summed E-state index contributed by atoms with van der Waals surface area (Å²) in [6.45, 7) is 2.60. The van der Waals surface area contributed by atoms with Gasteiger partial charge in [0.15, 0.2) is 5.69 Å². The third-order valence-corrected chi connectivity index (χ3v) is 3.71. The van der Waals surface area contributed by atoms with Crippen LogP contribution in [0.25, 0.3) is 10.6 Å². The summed E-state index contributed by atoms with van der Waals surface area (Å²) in [6, 6.07) is 7.94. The lowest BCUT2D eigenvalue weighted by molar-refractivity contribution is 0.0689. The van der Waals surface area contributed by atoms with E-state index >= 15 is 0 Å². The first-order valence-electron chi connectivity index (χ1n) is 5.92. The normalized spacial score (nSPS) is 10.9. The van der Waals surface area contributed by atoms with Gasteiger partial charge in [0.2, 0.25) is 0 Å². The molecule has 0 bridgehead atoms. The lowest BCUT2D eigenvalue weighted by Crippen LogP contribution is -2.12. The van der Waals surface area contributed by atoms with Gasteiger partial charge in [-0.1, -0.05) is 23.8 Å². The first-order valence-corrected chi connectivity index (χ1v) is 6.74. The largest absolute Gasteiger partial charge is 0.476 e. The highest BCUT2D eigenvalue weighted by molar-refractivity contribution is 7.15. The maximum absolute atomic E-state index is 11.2. The molecule has 0 saturated heterocycles. The Morgan fingerprint density at radius 1 is 1.42 bits per heavy atom. The van der Waals surface area contributed by atoms with Crippen molar-refractivity contribution in [2.45, 2.75) is 13.5 Å². The Balaban J connectivity index is 2.45. The van der Waals surface area contributed by atoms with Gasteiger partial charge in [-0.05, 0) is 27.1 Å². The van der Waals surface area contributed by atoms with Gasteiger partial charge in [-0.2, -0.15) is 0 Å². The molecule has 0 saturated carbocycles. The summed E-state index contributed by atoms with van der Waals surface area (Å²) in [5.74, 6) is -0.966. The summed E-state index contributed by atoms with van der Waals surface area (Å²) >= 11 is 1.44. The average Bonchev–Trinajstić information content (AvgIpc) is 2.72. The molecule has 1 aromatic heterocycles. The highest BCUT2D eigenvalue weighted by Crippen LogP contribution is 2.29. The number of aromatic carboxylic acids is 1. The van der Waals surface area contributed by atoms with Crippen molar-refractivity contribution in [3.05, 3.63) is 40.4 Å². The van der Waals surface area contributed by atoms with E-state index in [4.69, 9.17) is 0 Å². The molecule has 0 fully saturated rings. The molecule has 0 atom stereocenters. The van der Waals surface area contributed by atoms with Crippen LogP contribution in [0.5, 0.6) is 0 Å². The van der Waals surface area contributed by atoms with Gasteiger partial charge >= 0.3 is 5.97 Å². The highest BCUT2D eigenvalue weighted by Gasteiger charge is 2.18. The molecule has 1 aromatic carbocycles. The van der Waals surface area contributed by atoms with E-state index < -0.39 is 5.97 Å². The van der Waals surface area contributed by atoms with Crippen molar-refractivity contribution >= 4 is 17.3 Å². The summed E-state index contributed by atoms with van der Waals surface area (Å²) in [5, 5.41) is 9.98. The zero-order valence-corrected chi connectivity index (χ0v) is 12.0. The highest BCUT2D eigenvalue weighted by atomic mass is 32.1. The van der Waals surface area contributed by atoms with E-state index in [1.807, 2.05) is 50.2 Å². The van der Waals surface area contributed by atoms with Crippen LogP contribution >= 0.6 is 11.3 Å². The molecule has 19 heavy (non-hydrogen) atoms. The minimum absolute atomic E-state index is 0.162. The molecule has 2 aromatic rings. The topological polar surface area (TPSA) is 53.4 Å². The first-order chi connectivity index (χ1) is 8.97. The Kier molecular flexibility index (Phi) is 3.97. The maximum Gasteiger partial charge on any atom is 0.355 e. The van der Waals surface area contributed by atoms with Gasteiger partial charge in [-0.25, -0.2) is 9.78 Å². The summed E-state index contributed by atoms with van der Waals surface area (Å²) < 4.78 is 0. The number of nitrogens with zero attached hydrogens (tertiary/aromatic N) is 2. The van der Waals surface area contributed by atoms with Crippen molar-refractivity contribution in [1.82, 2.24) is 9.88 Å². The number of carboxylic acids is 1. The average molecular weight is 276 g/mol. The van der Waals surface area contributed by atoms with E-state index in [-0.39, 0.29) is 5.69 Å². The van der Waals surface area contributed by atoms with Crippen molar-refractivity contribution in [2.75, 3.05) is 14.1 Å². The molecular weight excluding hydrogens is 260 g/mol. The monoisotopic (exact) mass is 276 g/mol. The molecule has 5 heteroatoms. The Labute approximate surface area is 116 Å². The number of hydrogen-bond acceptors (Lipinski definition) is 4. The molecule has 0 aliphatic heterocycles. The molecule has 4 nitrogen and oxygen atoms in total. The number of carbonyl (C=O) groups is 1. The fourth-order valence-electron chi connectivity index (χ4n) is 1.81. The lowest BCUT2D eigenvalue weighted by atomic mass is 10.1. The summed E-state index contributed by atoms with van der Waals surface area (Å²) in [4.78, 5) is 18.2. The third-order valence-electron chi connectivity index (χ3n) is 2.62. The summed E-state index contributed by atoms with van der Waals surface area (Å²) in [5.41, 5.74) is 2.27. The Morgan fingerprint density at radius 3 is 2.74 bits per heavy atom. The van der Waals surface area contributed by atoms with Gasteiger partial charge in [0.25, 0.3) is 0 Å². The van der Waals surface area contributed by atoms with Crippen molar-refractivity contribution in [3.8, 4) is 10.6 Å². The van der Waals surface area contributed by atoms with Gasteiger partial charge in [0.1, 0.15) is 5.01 Å². The lowest BCUT2D eigenvalue weighted by Gasteiger charge is -2.06. The molecule has 0 aliphatic rings. The molecule has 0 unspecified atom stereocenters. The first kappa shape index (κ1) is 13.7. The predicted molar refractivity (Wildman–Crippen MR) is 76.6 cm³/mol. The fraction of sp³-hybridized carbons (Fsp3) is 0.286. The van der Waals surface area contributed by atoms with Crippen LogP contribution in [0.3, 0.4) is 0 Å². The van der Waals surface area contributed by atoms with Crippen molar-refractivity contribution in [2.24, 2.45) is 0 Å². The molecule has 0 aliphatic carbocycles. The third kappa shape index (κ3) is 3.19. The van der Waals surface area contributed by atoms with Crippen molar-refractivity contribution in [1.29, 1.82) is 0 Å². The fourth-order valence-corrected chi connectivity index (χ4v) is 2.98. The quantitative estimate of drug-likeness (QED) is 0.933. The second kappa shape index (κ2) is 5.50. The van der Waals surface area contributed by atoms with Crippen molar-refractivity contribution in [3.63, 3.8) is 0 Å². The van der Waals surface area contributed by atoms with Gasteiger partial charge in [0, 0.05) is 12.1 Å². The van der Waals surface area contributed by atoms with Crippen molar-refractivity contribution < 1.29 is 9.90 Å². The Hall–Kier alpha value is -1.72. The summed E-state index contributed by atoms with van der Waals surface area (Å²) in [7, 11) is 3.83. The van der Waals surface area contributed by atoms with Crippen LogP contribution in [0.1, 0.15) is 20.9 Å². The second-order valence-corrected chi connectivity index (χ2v) is 5.79. The van der Waals surface area contributed by atoms with Crippen LogP contribution < -0.4 is 0 Å². The van der Waals surface area contributed by atoms with Crippen LogP contribution in [0.2, 0.25) is 0 Å². The van der Waals surface area contributed by atoms with Crippen LogP contribution in [0.4, 0.5) is 0 Å². The number of thiazole rings is 1. The number of aromatic nitrogens is 1. The Morgan fingerprint density at radius 2 is 2.16 bits per heavy atom. The molecule has 0 radical (unpaired) electrons. The second-order valence-electron chi connectivity index (χ2n) is 4.70. The zero-order valence-electron chi connectivity index (χ0n) is 11.2. The van der Waals surface area contributed by atoms with E-state index in [1.54, 1.807) is 0 Å². The van der Waals surface area contributed by atoms with Gasteiger partial charge < -0.3 is 10.0 Å². The molecule has 0 spiro atoms. The molecule has 1 heterocycles. The smallest absolute Gasteiger partial charge is 0.355 e. The number of rotatable bonds is 4. The molecule has 2 rings (SSSR count). The van der Waals surface area contributed by atoms with E-state index in [1.165, 1.54) is 11.3 Å². The zero-order chi connectivity index (χ0) is 14.0. The number of carboxylic acid groups (broad SMARTS) is 1. The molecule has 0 amide bonds. The van der Waals surface area contributed by atoms with E-state index in [9.17, 15) is 9.90 Å². The van der Waals surface area contributed by atoms with Gasteiger partial charge in [-0.3, -0.25) is 0 Å². The number of aryl methyl sites for hydroxylation is 1. The SMILES string of the molecule is Cc1cccc(-c2nc(C(=O)O)c(CN(C)C)s2)c1. The predicted octanol–water partition coefficient (Wildman–Crippen LogP) is 2.88. The van der Waals surface area contributed by atoms with Gasteiger partial charge in [-0.15, -0.1) is 11.3 Å². The van der Waals surface area contributed by atoms with E-state index in [0.717, 1.165) is 21.0 Å². The maximum atomic E-state index is 11.2. The summed E-state index contributed by atoms with van der Waals surface area (Å²) in [6.07, 6.45) is 0. The molecule has 100 valence electrons. The molecular formula is C14H16N2O2S. The van der Waals surface area contributed by atoms with Crippen LogP contribution in [0.15, 0.2) is 24.3 Å². The van der Waals surface area contributed by atoms with Crippen LogP contribution in [-0.2, 0) is 6.54 Å². The minimum Gasteiger partial charge on any atom is -0.476 e.